The molecule has 12 rings (SSSR count). The van der Waals surface area contributed by atoms with Crippen molar-refractivity contribution in [2.75, 3.05) is 13.2 Å². The zero-order valence-corrected chi connectivity index (χ0v) is 57.3. The van der Waals surface area contributed by atoms with Gasteiger partial charge >= 0.3 is 5.97 Å². The number of carbonyl (C=O) groups excluding carboxylic acids is 1. The first kappa shape index (κ1) is 71.3. The van der Waals surface area contributed by atoms with Crippen molar-refractivity contribution in [2.45, 2.75) is 209 Å². The van der Waals surface area contributed by atoms with Crippen LogP contribution in [0.15, 0.2) is 176 Å². The van der Waals surface area contributed by atoms with Gasteiger partial charge in [0.25, 0.3) is 0 Å². The summed E-state index contributed by atoms with van der Waals surface area (Å²) in [6, 6.07) is 59.1. The van der Waals surface area contributed by atoms with Gasteiger partial charge in [0.15, 0.2) is 12.6 Å². The number of carbonyl (C=O) groups is 1. The Morgan fingerprint density at radius 1 is 0.418 bits per heavy atom. The number of rotatable bonds is 22. The second-order valence-corrected chi connectivity index (χ2v) is 26.4. The molecule has 0 saturated heterocycles. The molecule has 7 unspecified atom stereocenters. The fraction of sp³-hybridized carbons (Fsp3) is 0.458. The second-order valence-electron chi connectivity index (χ2n) is 26.4. The van der Waals surface area contributed by atoms with Crippen molar-refractivity contribution >= 4 is 27.5 Å². The third-order valence-electron chi connectivity index (χ3n) is 19.5. The molecule has 8 heteroatoms. The molecule has 7 atom stereocenters. The van der Waals surface area contributed by atoms with Crippen molar-refractivity contribution in [3.05, 3.63) is 209 Å². The zero-order valence-electron chi connectivity index (χ0n) is 57.3. The molecule has 0 aliphatic heterocycles. The van der Waals surface area contributed by atoms with E-state index in [4.69, 9.17) is 28.8 Å². The Morgan fingerprint density at radius 3 is 1.23 bits per heavy atom. The van der Waals surface area contributed by atoms with Gasteiger partial charge in [-0.1, -0.05) is 184 Å². The van der Waals surface area contributed by atoms with E-state index in [0.717, 1.165) is 97.8 Å². The van der Waals surface area contributed by atoms with Gasteiger partial charge in [-0.25, -0.2) is 0 Å². The smallest absolute Gasteiger partial charge is 0.317 e. The molecular weight excluding hydrogens is 1120 g/mol. The van der Waals surface area contributed by atoms with Gasteiger partial charge in [-0.2, -0.15) is 0 Å². The number of hydrogen-bond acceptors (Lipinski definition) is 8. The number of phenols is 2. The molecule has 4 bridgehead atoms. The first-order valence-electron chi connectivity index (χ1n) is 34.4. The maximum absolute atomic E-state index is 13.2. The molecule has 488 valence electrons. The van der Waals surface area contributed by atoms with Gasteiger partial charge < -0.3 is 33.9 Å². The highest BCUT2D eigenvalue weighted by Crippen LogP contribution is 2.60. The normalized spacial score (nSPS) is 19.2. The van der Waals surface area contributed by atoms with E-state index < -0.39 is 0 Å². The minimum absolute atomic E-state index is 0.0391. The molecule has 0 spiro atoms. The van der Waals surface area contributed by atoms with Crippen molar-refractivity contribution in [3.8, 4) is 28.7 Å². The largest absolute Gasteiger partial charge is 0.508 e. The number of hydrogen-bond donors (Lipinski definition) is 2. The molecular formula is C83H108O8. The van der Waals surface area contributed by atoms with Crippen LogP contribution < -0.4 is 14.2 Å². The van der Waals surface area contributed by atoms with E-state index in [0.29, 0.717) is 60.1 Å². The highest BCUT2D eigenvalue weighted by atomic mass is 16.7. The van der Waals surface area contributed by atoms with E-state index in [2.05, 4.69) is 148 Å². The lowest BCUT2D eigenvalue weighted by atomic mass is 9.49. The number of fused-ring (bicyclic) bond motifs is 2. The van der Waals surface area contributed by atoms with E-state index in [9.17, 15) is 9.90 Å². The second kappa shape index (κ2) is 35.6. The van der Waals surface area contributed by atoms with Gasteiger partial charge in [0.2, 0.25) is 0 Å². The SMILES string of the molecule is CCC(C)c1ccc(O)cc1.CCC(C)c1ccc(OC(C)OCCc2ccccc2)cc1.CCC(C)c1ccc2cc(O)ccc2c1.CCC(C)c1ccc2cc(OC(=O)C34CC5CC(CC(C5)C3)C4)ccc2c1.CCOC(C)Oc1ccc(C(C)CC)cc1. The fourth-order valence-electron chi connectivity index (χ4n) is 13.2. The predicted molar refractivity (Wildman–Crippen MR) is 378 cm³/mol. The molecule has 4 aliphatic rings. The van der Waals surface area contributed by atoms with Crippen LogP contribution in [-0.2, 0) is 20.7 Å². The molecule has 0 radical (unpaired) electrons. The summed E-state index contributed by atoms with van der Waals surface area (Å²) in [4.78, 5) is 13.2. The molecule has 4 aliphatic carbocycles. The lowest BCUT2D eigenvalue weighted by Gasteiger charge is -2.55. The average molecular weight is 1230 g/mol. The third kappa shape index (κ3) is 21.5. The summed E-state index contributed by atoms with van der Waals surface area (Å²) >= 11 is 0. The molecule has 4 saturated carbocycles. The van der Waals surface area contributed by atoms with Crippen LogP contribution in [0.1, 0.15) is 224 Å². The van der Waals surface area contributed by atoms with E-state index >= 15 is 0 Å². The zero-order chi connectivity index (χ0) is 65.5. The summed E-state index contributed by atoms with van der Waals surface area (Å²) in [6.45, 7) is 29.3. The lowest BCUT2D eigenvalue weighted by Crippen LogP contribution is -2.51. The first-order valence-corrected chi connectivity index (χ1v) is 34.4. The van der Waals surface area contributed by atoms with Gasteiger partial charge in [-0.15, -0.1) is 0 Å². The predicted octanol–water partition coefficient (Wildman–Crippen LogP) is 22.6. The minimum atomic E-state index is -0.238. The molecule has 91 heavy (non-hydrogen) atoms. The molecule has 8 aromatic carbocycles. The van der Waals surface area contributed by atoms with E-state index in [1.165, 1.54) is 63.4 Å². The van der Waals surface area contributed by atoms with Crippen LogP contribution in [0, 0.1) is 23.2 Å². The molecule has 0 amide bonds. The molecule has 4 fully saturated rings. The molecule has 8 aromatic rings. The van der Waals surface area contributed by atoms with Crippen molar-refractivity contribution < 1.29 is 38.7 Å². The van der Waals surface area contributed by atoms with E-state index in [-0.39, 0.29) is 24.0 Å². The maximum atomic E-state index is 13.2. The van der Waals surface area contributed by atoms with Crippen LogP contribution in [0.2, 0.25) is 0 Å². The topological polar surface area (TPSA) is 104 Å². The minimum Gasteiger partial charge on any atom is -0.508 e. The standard InChI is InChI=1S/C25H30O2.C20H26O2.C14H22O2.C14H16O.C10H14O/c1-3-16(2)20-4-5-22-12-23(7-6-21(22)11-20)27-24(26)25-13-17-8-18(14-25)10-19(9-17)15-25;1-4-16(2)19-10-12-20(13-11-19)22-17(3)21-15-14-18-8-6-5-7-9-18;1-5-11(3)13-7-9-14(10-8-13)16-12(4)15-6-2;1-3-10(2)11-4-5-13-9-14(15)7-6-12(13)8-11;1-3-8(2)9-4-6-10(11)7-5-9/h4-7,11-12,16-19H,3,8-10,13-15H2,1-2H3;5-13,16-17H,4,14-15H2,1-3H3;7-12H,5-6H2,1-4H3;4-10,15H,3H2,1-2H3;4-8,11H,3H2,1-2H3. The Hall–Kier alpha value is -7.13. The average Bonchev–Trinajstić information content (AvgIpc) is 0.775. The van der Waals surface area contributed by atoms with Crippen LogP contribution in [0.4, 0.5) is 0 Å². The van der Waals surface area contributed by atoms with Gasteiger partial charge in [-0.3, -0.25) is 4.79 Å². The summed E-state index contributed by atoms with van der Waals surface area (Å²) in [5, 5.41) is 23.0. The number of benzene rings is 8. The summed E-state index contributed by atoms with van der Waals surface area (Å²) in [6.07, 6.45) is 13.5. The first-order chi connectivity index (χ1) is 43.8. The number of esters is 1. The van der Waals surface area contributed by atoms with E-state index in [1.807, 2.05) is 93.6 Å². The van der Waals surface area contributed by atoms with Crippen LogP contribution in [-0.4, -0.2) is 42.0 Å². The quantitative estimate of drug-likeness (QED) is 0.0393. The van der Waals surface area contributed by atoms with Gasteiger partial charge in [-0.05, 0) is 261 Å². The molecule has 0 aromatic heterocycles. The van der Waals surface area contributed by atoms with Crippen molar-refractivity contribution in [1.29, 1.82) is 0 Å². The Bertz CT molecular complexity index is 3370. The van der Waals surface area contributed by atoms with Crippen molar-refractivity contribution in [1.82, 2.24) is 0 Å². The highest BCUT2D eigenvalue weighted by Gasteiger charge is 2.55. The summed E-state index contributed by atoms with van der Waals surface area (Å²) in [7, 11) is 0. The highest BCUT2D eigenvalue weighted by molar-refractivity contribution is 5.87. The van der Waals surface area contributed by atoms with Gasteiger partial charge in [0.05, 0.1) is 12.0 Å². The Balaban J connectivity index is 0.000000167. The molecule has 8 nitrogen and oxygen atoms in total. The van der Waals surface area contributed by atoms with Crippen LogP contribution in [0.25, 0.3) is 21.5 Å². The monoisotopic (exact) mass is 1230 g/mol. The number of aromatic hydroxyl groups is 2. The van der Waals surface area contributed by atoms with Crippen molar-refractivity contribution in [2.24, 2.45) is 23.2 Å². The molecule has 2 N–H and O–H groups in total. The Kier molecular flexibility index (Phi) is 27.9. The Morgan fingerprint density at radius 2 is 0.780 bits per heavy atom. The number of phenolic OH excluding ortho intramolecular Hbond substituents is 2. The van der Waals surface area contributed by atoms with E-state index in [1.54, 1.807) is 24.3 Å². The van der Waals surface area contributed by atoms with Gasteiger partial charge in [0, 0.05) is 6.61 Å². The van der Waals surface area contributed by atoms with Crippen LogP contribution in [0.5, 0.6) is 28.7 Å². The fourth-order valence-corrected chi connectivity index (χ4v) is 13.2. The van der Waals surface area contributed by atoms with Crippen molar-refractivity contribution in [3.63, 3.8) is 0 Å². The van der Waals surface area contributed by atoms with Crippen LogP contribution >= 0.6 is 0 Å². The molecule has 0 heterocycles. The summed E-state index contributed by atoms with van der Waals surface area (Å²) < 4.78 is 28.4. The van der Waals surface area contributed by atoms with Gasteiger partial charge in [0.1, 0.15) is 28.7 Å². The summed E-state index contributed by atoms with van der Waals surface area (Å²) in [5.41, 5.74) is 7.85. The lowest BCUT2D eigenvalue weighted by molar-refractivity contribution is -0.161. The Labute approximate surface area is 547 Å². The number of ether oxygens (including phenoxy) is 5. The maximum Gasteiger partial charge on any atom is 0.317 e. The third-order valence-corrected chi connectivity index (χ3v) is 19.5. The van der Waals surface area contributed by atoms with Crippen LogP contribution in [0.3, 0.4) is 0 Å². The summed E-state index contributed by atoms with van der Waals surface area (Å²) in [5.74, 6) is 8.41.